The van der Waals surface area contributed by atoms with Gasteiger partial charge in [-0.25, -0.2) is 0 Å². The summed E-state index contributed by atoms with van der Waals surface area (Å²) in [6.45, 7) is 3.71. The zero-order valence-corrected chi connectivity index (χ0v) is 17.9. The molecule has 1 atom stereocenters. The van der Waals surface area contributed by atoms with Gasteiger partial charge < -0.3 is 4.90 Å². The molecule has 1 amide bonds. The van der Waals surface area contributed by atoms with Gasteiger partial charge in [0.1, 0.15) is 0 Å². The van der Waals surface area contributed by atoms with Crippen LogP contribution in [0.5, 0.6) is 0 Å². The number of amides is 1. The number of hydrogen-bond acceptors (Lipinski definition) is 2. The molecule has 0 N–H and O–H groups in total. The molecule has 1 saturated heterocycles. The molecular weight excluding hydrogens is 414 g/mol. The Labute approximate surface area is 175 Å². The fourth-order valence-electron chi connectivity index (χ4n) is 4.65. The van der Waals surface area contributed by atoms with Gasteiger partial charge in [0.2, 0.25) is 5.91 Å². The lowest BCUT2D eigenvalue weighted by Gasteiger charge is -2.34. The molecule has 1 fully saturated rings. The lowest BCUT2D eigenvalue weighted by molar-refractivity contribution is -0.136. The standard InChI is InChI=1S/C24H26BrNO2/c1-16-4-2-5-18(14-16)17-10-12-26(13-11-17)24(28)19-8-9-20-21(23(27)15-19)6-3-7-22(20)25/h2-7,14,17,19H,8-13,15H2,1H3. The lowest BCUT2D eigenvalue weighted by atomic mass is 9.87. The number of ketones is 1. The van der Waals surface area contributed by atoms with E-state index in [-0.39, 0.29) is 17.6 Å². The molecule has 146 valence electrons. The molecule has 1 aliphatic heterocycles. The Morgan fingerprint density at radius 2 is 1.82 bits per heavy atom. The fourth-order valence-corrected chi connectivity index (χ4v) is 5.22. The minimum absolute atomic E-state index is 0.0989. The Kier molecular flexibility index (Phi) is 5.68. The highest BCUT2D eigenvalue weighted by Crippen LogP contribution is 2.33. The first-order valence-corrected chi connectivity index (χ1v) is 11.0. The molecule has 0 spiro atoms. The van der Waals surface area contributed by atoms with Crippen LogP contribution >= 0.6 is 15.9 Å². The van der Waals surface area contributed by atoms with Gasteiger partial charge in [0, 0.05) is 35.5 Å². The molecule has 28 heavy (non-hydrogen) atoms. The minimum Gasteiger partial charge on any atom is -0.342 e. The van der Waals surface area contributed by atoms with E-state index in [0.717, 1.165) is 54.4 Å². The summed E-state index contributed by atoms with van der Waals surface area (Å²) in [6, 6.07) is 14.5. The molecule has 4 rings (SSSR count). The highest BCUT2D eigenvalue weighted by molar-refractivity contribution is 9.10. The second-order valence-corrected chi connectivity index (χ2v) is 9.00. The molecule has 1 aliphatic carbocycles. The number of rotatable bonds is 2. The minimum atomic E-state index is -0.192. The SMILES string of the molecule is Cc1cccc(C2CCN(C(=O)C3CCc4c(Br)cccc4C(=O)C3)CC2)c1. The van der Waals surface area contributed by atoms with Crippen LogP contribution in [-0.4, -0.2) is 29.7 Å². The van der Waals surface area contributed by atoms with Crippen LogP contribution in [-0.2, 0) is 11.2 Å². The Morgan fingerprint density at radius 3 is 2.57 bits per heavy atom. The molecule has 4 heteroatoms. The number of aryl methyl sites for hydroxylation is 1. The molecule has 3 nitrogen and oxygen atoms in total. The zero-order valence-electron chi connectivity index (χ0n) is 16.3. The first-order chi connectivity index (χ1) is 13.5. The topological polar surface area (TPSA) is 37.4 Å². The van der Waals surface area contributed by atoms with Crippen molar-refractivity contribution in [1.29, 1.82) is 0 Å². The van der Waals surface area contributed by atoms with E-state index in [2.05, 4.69) is 47.1 Å². The van der Waals surface area contributed by atoms with Crippen molar-refractivity contribution in [2.45, 2.75) is 44.9 Å². The third-order valence-corrected chi connectivity index (χ3v) is 7.01. The molecule has 2 aromatic carbocycles. The van der Waals surface area contributed by atoms with Crippen LogP contribution in [0.2, 0.25) is 0 Å². The van der Waals surface area contributed by atoms with E-state index >= 15 is 0 Å². The average molecular weight is 440 g/mol. The van der Waals surface area contributed by atoms with Crippen molar-refractivity contribution in [1.82, 2.24) is 4.90 Å². The van der Waals surface area contributed by atoms with Gasteiger partial charge in [-0.15, -0.1) is 0 Å². The molecule has 1 heterocycles. The number of benzene rings is 2. The number of nitrogens with zero attached hydrogens (tertiary/aromatic N) is 1. The summed E-state index contributed by atoms with van der Waals surface area (Å²) < 4.78 is 0.977. The summed E-state index contributed by atoms with van der Waals surface area (Å²) in [4.78, 5) is 27.9. The Morgan fingerprint density at radius 1 is 1.07 bits per heavy atom. The summed E-state index contributed by atoms with van der Waals surface area (Å²) >= 11 is 3.56. The van der Waals surface area contributed by atoms with Crippen LogP contribution in [0.25, 0.3) is 0 Å². The predicted molar refractivity (Wildman–Crippen MR) is 115 cm³/mol. The summed E-state index contributed by atoms with van der Waals surface area (Å²) in [5, 5.41) is 0. The summed E-state index contributed by atoms with van der Waals surface area (Å²) in [7, 11) is 0. The van der Waals surface area contributed by atoms with Crippen molar-refractivity contribution >= 4 is 27.6 Å². The number of halogens is 1. The van der Waals surface area contributed by atoms with Crippen molar-refractivity contribution in [2.75, 3.05) is 13.1 Å². The first kappa shape index (κ1) is 19.4. The second kappa shape index (κ2) is 8.20. The van der Waals surface area contributed by atoms with Crippen molar-refractivity contribution in [3.63, 3.8) is 0 Å². The summed E-state index contributed by atoms with van der Waals surface area (Å²) in [6.07, 6.45) is 3.86. The van der Waals surface area contributed by atoms with Crippen molar-refractivity contribution in [3.05, 3.63) is 69.2 Å². The Bertz CT molecular complexity index is 899. The number of piperidine rings is 1. The van der Waals surface area contributed by atoms with E-state index in [0.29, 0.717) is 12.3 Å². The largest absolute Gasteiger partial charge is 0.342 e. The first-order valence-electron chi connectivity index (χ1n) is 10.2. The second-order valence-electron chi connectivity index (χ2n) is 8.14. The van der Waals surface area contributed by atoms with Gasteiger partial charge in [0.05, 0.1) is 0 Å². The van der Waals surface area contributed by atoms with Crippen molar-refractivity contribution < 1.29 is 9.59 Å². The van der Waals surface area contributed by atoms with Gasteiger partial charge in [-0.05, 0) is 55.7 Å². The predicted octanol–water partition coefficient (Wildman–Crippen LogP) is 5.30. The highest BCUT2D eigenvalue weighted by Gasteiger charge is 2.32. The van der Waals surface area contributed by atoms with Gasteiger partial charge in [-0.2, -0.15) is 0 Å². The van der Waals surface area contributed by atoms with Crippen LogP contribution in [0.4, 0.5) is 0 Å². The number of Topliss-reactive ketones (excluding diaryl/α,β-unsaturated/α-hetero) is 1. The van der Waals surface area contributed by atoms with Gasteiger partial charge in [-0.3, -0.25) is 9.59 Å². The van der Waals surface area contributed by atoms with Gasteiger partial charge >= 0.3 is 0 Å². The Balaban J connectivity index is 1.41. The van der Waals surface area contributed by atoms with E-state index in [1.54, 1.807) is 0 Å². The maximum Gasteiger partial charge on any atom is 0.226 e. The van der Waals surface area contributed by atoms with Crippen molar-refractivity contribution in [3.8, 4) is 0 Å². The van der Waals surface area contributed by atoms with Crippen LogP contribution in [0.3, 0.4) is 0 Å². The van der Waals surface area contributed by atoms with E-state index in [4.69, 9.17) is 0 Å². The molecule has 1 unspecified atom stereocenters. The third kappa shape index (κ3) is 3.93. The van der Waals surface area contributed by atoms with E-state index in [9.17, 15) is 9.59 Å². The van der Waals surface area contributed by atoms with Gasteiger partial charge in [-0.1, -0.05) is 57.9 Å². The molecule has 0 saturated carbocycles. The molecule has 0 aromatic heterocycles. The van der Waals surface area contributed by atoms with E-state index in [1.807, 2.05) is 23.1 Å². The third-order valence-electron chi connectivity index (χ3n) is 6.26. The van der Waals surface area contributed by atoms with Crippen LogP contribution in [0.15, 0.2) is 46.9 Å². The maximum absolute atomic E-state index is 13.1. The molecule has 0 bridgehead atoms. The normalized spacial score (nSPS) is 20.6. The fraction of sp³-hybridized carbons (Fsp3) is 0.417. The summed E-state index contributed by atoms with van der Waals surface area (Å²) in [5.41, 5.74) is 4.51. The number of fused-ring (bicyclic) bond motifs is 1. The Hall–Kier alpha value is -1.94. The van der Waals surface area contributed by atoms with Crippen LogP contribution in [0.1, 0.15) is 58.6 Å². The zero-order chi connectivity index (χ0) is 19.7. The van der Waals surface area contributed by atoms with Crippen LogP contribution in [0, 0.1) is 12.8 Å². The van der Waals surface area contributed by atoms with Crippen molar-refractivity contribution in [2.24, 2.45) is 5.92 Å². The van der Waals surface area contributed by atoms with Crippen LogP contribution < -0.4 is 0 Å². The molecule has 2 aliphatic rings. The molecule has 2 aromatic rings. The number of carbonyl (C=O) groups excluding carboxylic acids is 2. The smallest absolute Gasteiger partial charge is 0.226 e. The molecule has 0 radical (unpaired) electrons. The number of carbonyl (C=O) groups is 2. The monoisotopic (exact) mass is 439 g/mol. The quantitative estimate of drug-likeness (QED) is 0.595. The summed E-state index contributed by atoms with van der Waals surface area (Å²) in [5.74, 6) is 0.601. The maximum atomic E-state index is 13.1. The highest BCUT2D eigenvalue weighted by atomic mass is 79.9. The number of likely N-dealkylation sites (tertiary alicyclic amines) is 1. The van der Waals surface area contributed by atoms with Gasteiger partial charge in [0.15, 0.2) is 5.78 Å². The number of hydrogen-bond donors (Lipinski definition) is 0. The van der Waals surface area contributed by atoms with E-state index in [1.165, 1.54) is 11.1 Å². The molecular formula is C24H26BrNO2. The average Bonchev–Trinajstić information content (AvgIpc) is 2.88. The van der Waals surface area contributed by atoms with Gasteiger partial charge in [0.25, 0.3) is 0 Å². The van der Waals surface area contributed by atoms with E-state index < -0.39 is 0 Å². The lowest BCUT2D eigenvalue weighted by Crippen LogP contribution is -2.41.